The molecule has 12 heavy (non-hydrogen) atoms. The minimum Gasteiger partial charge on any atom is -0.320 e. The molecule has 62 valence electrons. The Labute approximate surface area is 69.2 Å². The van der Waals surface area contributed by atoms with Crippen LogP contribution < -0.4 is 5.73 Å². The minimum absolute atomic E-state index is 0.0421. The number of hydrogen-bond acceptors (Lipinski definition) is 1. The summed E-state index contributed by atoms with van der Waals surface area (Å²) in [6.45, 7) is 0.135. The van der Waals surface area contributed by atoms with Gasteiger partial charge < -0.3 is 5.73 Å². The Balaban J connectivity index is 3.08. The van der Waals surface area contributed by atoms with Crippen molar-refractivity contribution in [3.05, 3.63) is 35.4 Å². The van der Waals surface area contributed by atoms with Crippen LogP contribution in [-0.4, -0.2) is 6.54 Å². The van der Waals surface area contributed by atoms with Crippen molar-refractivity contribution in [2.45, 2.75) is 0 Å². The van der Waals surface area contributed by atoms with Crippen LogP contribution in [0.1, 0.15) is 5.56 Å². The van der Waals surface area contributed by atoms with Crippen LogP contribution in [0, 0.1) is 23.5 Å². The van der Waals surface area contributed by atoms with Crippen molar-refractivity contribution in [3.8, 4) is 11.8 Å². The SMILES string of the molecule is NCC#Cc1cccc(F)c1F. The van der Waals surface area contributed by atoms with Gasteiger partial charge in [0.15, 0.2) is 11.6 Å². The summed E-state index contributed by atoms with van der Waals surface area (Å²) in [5, 5.41) is 0. The fraction of sp³-hybridized carbons (Fsp3) is 0.111. The molecular weight excluding hydrogens is 160 g/mol. The Morgan fingerprint density at radius 2 is 2.08 bits per heavy atom. The van der Waals surface area contributed by atoms with E-state index >= 15 is 0 Å². The summed E-state index contributed by atoms with van der Waals surface area (Å²) in [5.74, 6) is 3.06. The first-order valence-corrected chi connectivity index (χ1v) is 3.38. The molecule has 0 spiro atoms. The van der Waals surface area contributed by atoms with Gasteiger partial charge in [0.2, 0.25) is 0 Å². The molecule has 1 aromatic carbocycles. The lowest BCUT2D eigenvalue weighted by Crippen LogP contribution is -1.94. The summed E-state index contributed by atoms with van der Waals surface area (Å²) in [5.41, 5.74) is 5.12. The zero-order valence-electron chi connectivity index (χ0n) is 6.27. The summed E-state index contributed by atoms with van der Waals surface area (Å²) < 4.78 is 25.3. The topological polar surface area (TPSA) is 26.0 Å². The first-order chi connectivity index (χ1) is 5.75. The fourth-order valence-electron chi connectivity index (χ4n) is 0.747. The molecule has 2 N–H and O–H groups in total. The second kappa shape index (κ2) is 3.84. The van der Waals surface area contributed by atoms with Gasteiger partial charge >= 0.3 is 0 Å². The quantitative estimate of drug-likeness (QED) is 0.578. The monoisotopic (exact) mass is 167 g/mol. The molecule has 0 aliphatic carbocycles. The van der Waals surface area contributed by atoms with E-state index in [0.29, 0.717) is 0 Å². The van der Waals surface area contributed by atoms with Gasteiger partial charge in [-0.25, -0.2) is 8.78 Å². The summed E-state index contributed by atoms with van der Waals surface area (Å²) in [7, 11) is 0. The highest BCUT2D eigenvalue weighted by Crippen LogP contribution is 2.09. The molecule has 1 aromatic rings. The third-order valence-electron chi connectivity index (χ3n) is 1.28. The standard InChI is InChI=1S/C9H7F2N/c10-8-5-1-3-7(9(8)11)4-2-6-12/h1,3,5H,6,12H2. The van der Waals surface area contributed by atoms with E-state index in [4.69, 9.17) is 5.73 Å². The van der Waals surface area contributed by atoms with Crippen LogP contribution in [0.2, 0.25) is 0 Å². The van der Waals surface area contributed by atoms with E-state index < -0.39 is 11.6 Å². The Bertz CT molecular complexity index is 336. The van der Waals surface area contributed by atoms with Crippen LogP contribution in [0.15, 0.2) is 18.2 Å². The van der Waals surface area contributed by atoms with Gasteiger partial charge in [-0.1, -0.05) is 17.9 Å². The zero-order valence-corrected chi connectivity index (χ0v) is 6.27. The Kier molecular flexibility index (Phi) is 2.78. The van der Waals surface area contributed by atoms with E-state index in [1.54, 1.807) is 0 Å². The number of benzene rings is 1. The molecule has 0 unspecified atom stereocenters. The normalized spacial score (nSPS) is 8.92. The summed E-state index contributed by atoms with van der Waals surface area (Å²) >= 11 is 0. The van der Waals surface area contributed by atoms with E-state index in [1.807, 2.05) is 0 Å². The molecule has 0 atom stereocenters. The van der Waals surface area contributed by atoms with Gasteiger partial charge in [-0.15, -0.1) is 0 Å². The van der Waals surface area contributed by atoms with Crippen molar-refractivity contribution in [3.63, 3.8) is 0 Å². The molecule has 0 bridgehead atoms. The molecule has 0 radical (unpaired) electrons. The summed E-state index contributed by atoms with van der Waals surface area (Å²) in [4.78, 5) is 0. The average Bonchev–Trinajstić information content (AvgIpc) is 2.08. The van der Waals surface area contributed by atoms with Crippen LogP contribution >= 0.6 is 0 Å². The van der Waals surface area contributed by atoms with Crippen molar-refractivity contribution in [1.82, 2.24) is 0 Å². The molecule has 0 aromatic heterocycles. The first-order valence-electron chi connectivity index (χ1n) is 3.38. The average molecular weight is 167 g/mol. The number of halogens is 2. The first kappa shape index (κ1) is 8.69. The lowest BCUT2D eigenvalue weighted by Gasteiger charge is -1.93. The molecule has 0 heterocycles. The molecule has 1 nitrogen and oxygen atoms in total. The fourth-order valence-corrected chi connectivity index (χ4v) is 0.747. The summed E-state index contributed by atoms with van der Waals surface area (Å²) in [6, 6.07) is 3.85. The van der Waals surface area contributed by atoms with Crippen LogP contribution in [0.5, 0.6) is 0 Å². The van der Waals surface area contributed by atoms with Crippen molar-refractivity contribution >= 4 is 0 Å². The summed E-state index contributed by atoms with van der Waals surface area (Å²) in [6.07, 6.45) is 0. The number of hydrogen-bond donors (Lipinski definition) is 1. The third kappa shape index (κ3) is 1.80. The number of rotatable bonds is 0. The zero-order chi connectivity index (χ0) is 8.97. The smallest absolute Gasteiger partial charge is 0.174 e. The van der Waals surface area contributed by atoms with Gasteiger partial charge in [-0.3, -0.25) is 0 Å². The Morgan fingerprint density at radius 3 is 2.75 bits per heavy atom. The van der Waals surface area contributed by atoms with E-state index in [1.165, 1.54) is 12.1 Å². The highest BCUT2D eigenvalue weighted by atomic mass is 19.2. The molecule has 3 heteroatoms. The van der Waals surface area contributed by atoms with Gasteiger partial charge in [0.25, 0.3) is 0 Å². The maximum atomic E-state index is 12.8. The van der Waals surface area contributed by atoms with Crippen LogP contribution in [0.25, 0.3) is 0 Å². The van der Waals surface area contributed by atoms with Crippen molar-refractivity contribution in [2.75, 3.05) is 6.54 Å². The molecule has 0 aliphatic heterocycles. The maximum absolute atomic E-state index is 12.8. The molecule has 0 fully saturated rings. The highest BCUT2D eigenvalue weighted by Gasteiger charge is 2.03. The predicted molar refractivity (Wildman–Crippen MR) is 42.3 cm³/mol. The molecular formula is C9H7F2N. The van der Waals surface area contributed by atoms with E-state index in [9.17, 15) is 8.78 Å². The largest absolute Gasteiger partial charge is 0.320 e. The van der Waals surface area contributed by atoms with E-state index in [0.717, 1.165) is 6.07 Å². The van der Waals surface area contributed by atoms with Crippen molar-refractivity contribution in [2.24, 2.45) is 5.73 Å². The molecule has 0 saturated carbocycles. The molecule has 0 saturated heterocycles. The van der Waals surface area contributed by atoms with Crippen LogP contribution in [0.4, 0.5) is 8.78 Å². The van der Waals surface area contributed by atoms with Gasteiger partial charge in [0.1, 0.15) is 0 Å². The van der Waals surface area contributed by atoms with E-state index in [-0.39, 0.29) is 12.1 Å². The van der Waals surface area contributed by atoms with Crippen LogP contribution in [0.3, 0.4) is 0 Å². The lowest BCUT2D eigenvalue weighted by molar-refractivity contribution is 0.506. The van der Waals surface area contributed by atoms with Gasteiger partial charge in [-0.2, -0.15) is 0 Å². The number of nitrogens with two attached hydrogens (primary N) is 1. The van der Waals surface area contributed by atoms with Gasteiger partial charge in [0.05, 0.1) is 12.1 Å². The van der Waals surface area contributed by atoms with Gasteiger partial charge in [-0.05, 0) is 12.1 Å². The predicted octanol–water partition coefficient (Wildman–Crippen LogP) is 1.28. The molecule has 1 rings (SSSR count). The van der Waals surface area contributed by atoms with Gasteiger partial charge in [0, 0.05) is 0 Å². The third-order valence-corrected chi connectivity index (χ3v) is 1.28. The second-order valence-corrected chi connectivity index (χ2v) is 2.11. The lowest BCUT2D eigenvalue weighted by atomic mass is 10.2. The second-order valence-electron chi connectivity index (χ2n) is 2.11. The Morgan fingerprint density at radius 1 is 1.33 bits per heavy atom. The maximum Gasteiger partial charge on any atom is 0.174 e. The molecule has 0 amide bonds. The van der Waals surface area contributed by atoms with E-state index in [2.05, 4.69) is 11.8 Å². The van der Waals surface area contributed by atoms with Crippen molar-refractivity contribution < 1.29 is 8.78 Å². The van der Waals surface area contributed by atoms with Crippen molar-refractivity contribution in [1.29, 1.82) is 0 Å². The minimum atomic E-state index is -0.918. The highest BCUT2D eigenvalue weighted by molar-refractivity contribution is 5.35. The molecule has 0 aliphatic rings. The Hall–Kier alpha value is -1.40. The van der Waals surface area contributed by atoms with Crippen LogP contribution in [-0.2, 0) is 0 Å².